The second-order valence-electron chi connectivity index (χ2n) is 8.99. The van der Waals surface area contributed by atoms with Crippen LogP contribution in [-0.2, 0) is 9.47 Å². The van der Waals surface area contributed by atoms with E-state index in [1.54, 1.807) is 0 Å². The fraction of sp³-hybridized carbons (Fsp3) is 0.500. The summed E-state index contributed by atoms with van der Waals surface area (Å²) in [6.07, 6.45) is 8.12. The molecule has 192 valence electrons. The Hall–Kier alpha value is -1.74. The van der Waals surface area contributed by atoms with Gasteiger partial charge >= 0.3 is 0 Å². The molecule has 0 radical (unpaired) electrons. The molecular weight excluding hydrogens is 499 g/mol. The second-order valence-corrected chi connectivity index (χ2v) is 9.88. The van der Waals surface area contributed by atoms with Gasteiger partial charge in [-0.05, 0) is 49.3 Å². The van der Waals surface area contributed by atoms with Crippen LogP contribution in [0.5, 0.6) is 0 Å². The molecule has 0 aromatic heterocycles. The van der Waals surface area contributed by atoms with Crippen LogP contribution in [0.4, 0.5) is 18.9 Å². The minimum absolute atomic E-state index is 0.101. The zero-order valence-corrected chi connectivity index (χ0v) is 21.5. The van der Waals surface area contributed by atoms with Crippen LogP contribution in [0.1, 0.15) is 62.7 Å². The first-order valence-electron chi connectivity index (χ1n) is 11.9. The lowest BCUT2D eigenvalue weighted by Crippen LogP contribution is -2.37. The van der Waals surface area contributed by atoms with Crippen molar-refractivity contribution in [1.29, 1.82) is 0 Å². The molecule has 9 heteroatoms. The first kappa shape index (κ1) is 27.8. The molecule has 0 spiro atoms. The molecule has 2 aromatic carbocycles. The summed E-state index contributed by atoms with van der Waals surface area (Å²) in [4.78, 5) is 12.2. The maximum atomic E-state index is 13.0. The number of benzene rings is 2. The number of ether oxygens (including phenoxy) is 2. The van der Waals surface area contributed by atoms with Crippen LogP contribution in [-0.4, -0.2) is 24.9 Å². The highest BCUT2D eigenvalue weighted by Crippen LogP contribution is 2.35. The number of amides is 1. The molecule has 4 unspecified atom stereocenters. The van der Waals surface area contributed by atoms with Gasteiger partial charge in [-0.15, -0.1) is 12.6 Å². The SMILES string of the molecule is CCC1CCCC(C)C1OC1CCCO1.O=C(Nc1cc(F)c(F)c(F)c1)c1ccc(Cl)c(S)c1. The number of thiol groups is 1. The zero-order chi connectivity index (χ0) is 25.5. The molecule has 1 N–H and O–H groups in total. The van der Waals surface area contributed by atoms with Gasteiger partial charge in [0.1, 0.15) is 0 Å². The standard InChI is InChI=1S/C13H7ClF3NOS.C13H24O2/c14-8-2-1-6(3-11(8)20)13(19)18-7-4-9(15)12(17)10(16)5-7;1-3-11-7-4-6-10(2)13(11)15-12-8-5-9-14-12/h1-5,20H,(H,18,19);10-13H,3-9H2,1-2H3. The molecule has 1 aliphatic heterocycles. The summed E-state index contributed by atoms with van der Waals surface area (Å²) in [6, 6.07) is 5.66. The average Bonchev–Trinajstić information content (AvgIpc) is 3.34. The smallest absolute Gasteiger partial charge is 0.255 e. The second kappa shape index (κ2) is 13.0. The lowest BCUT2D eigenvalue weighted by Gasteiger charge is -2.37. The van der Waals surface area contributed by atoms with Gasteiger partial charge in [0.05, 0.1) is 11.1 Å². The summed E-state index contributed by atoms with van der Waals surface area (Å²) < 4.78 is 50.5. The first-order valence-corrected chi connectivity index (χ1v) is 12.7. The monoisotopic (exact) mass is 529 g/mol. The van der Waals surface area contributed by atoms with Crippen molar-refractivity contribution >= 4 is 35.8 Å². The Morgan fingerprint density at radius 1 is 1.14 bits per heavy atom. The first-order chi connectivity index (χ1) is 16.7. The van der Waals surface area contributed by atoms with Gasteiger partial charge < -0.3 is 14.8 Å². The molecule has 4 rings (SSSR count). The van der Waals surface area contributed by atoms with Crippen molar-refractivity contribution in [1.82, 2.24) is 0 Å². The minimum Gasteiger partial charge on any atom is -0.353 e. The number of carbonyl (C=O) groups is 1. The molecule has 1 saturated carbocycles. The van der Waals surface area contributed by atoms with Crippen LogP contribution in [0, 0.1) is 29.3 Å². The highest BCUT2D eigenvalue weighted by Gasteiger charge is 2.33. The summed E-state index contributed by atoms with van der Waals surface area (Å²) in [5.74, 6) is -3.50. The molecule has 2 fully saturated rings. The average molecular weight is 530 g/mol. The van der Waals surface area contributed by atoms with E-state index in [2.05, 4.69) is 31.8 Å². The molecule has 35 heavy (non-hydrogen) atoms. The van der Waals surface area contributed by atoms with Crippen molar-refractivity contribution < 1.29 is 27.4 Å². The molecule has 4 atom stereocenters. The van der Waals surface area contributed by atoms with Crippen LogP contribution < -0.4 is 5.32 Å². The predicted molar refractivity (Wildman–Crippen MR) is 134 cm³/mol. The molecule has 2 aliphatic rings. The Morgan fingerprint density at radius 3 is 2.46 bits per heavy atom. The van der Waals surface area contributed by atoms with Gasteiger partial charge in [0.2, 0.25) is 0 Å². The van der Waals surface area contributed by atoms with Gasteiger partial charge in [0.15, 0.2) is 23.7 Å². The quantitative estimate of drug-likeness (QED) is 0.309. The highest BCUT2D eigenvalue weighted by atomic mass is 35.5. The van der Waals surface area contributed by atoms with E-state index in [0.29, 0.717) is 34.1 Å². The fourth-order valence-electron chi connectivity index (χ4n) is 4.49. The van der Waals surface area contributed by atoms with Crippen molar-refractivity contribution in [2.24, 2.45) is 11.8 Å². The van der Waals surface area contributed by atoms with E-state index in [9.17, 15) is 18.0 Å². The fourth-order valence-corrected chi connectivity index (χ4v) is 4.82. The van der Waals surface area contributed by atoms with E-state index >= 15 is 0 Å². The zero-order valence-electron chi connectivity index (χ0n) is 19.8. The third-order valence-electron chi connectivity index (χ3n) is 6.43. The van der Waals surface area contributed by atoms with E-state index in [1.165, 1.54) is 50.3 Å². The number of hydrogen-bond acceptors (Lipinski definition) is 4. The predicted octanol–water partition coefficient (Wildman–Crippen LogP) is 7.65. The topological polar surface area (TPSA) is 47.6 Å². The molecular formula is C26H31ClF3NO3S. The third-order valence-corrected chi connectivity index (χ3v) is 7.26. The minimum atomic E-state index is -1.59. The summed E-state index contributed by atoms with van der Waals surface area (Å²) in [6.45, 7) is 5.51. The number of halogens is 4. The van der Waals surface area contributed by atoms with E-state index in [0.717, 1.165) is 18.9 Å². The van der Waals surface area contributed by atoms with Crippen molar-refractivity contribution in [2.75, 3.05) is 11.9 Å². The number of nitrogens with one attached hydrogen (secondary N) is 1. The largest absolute Gasteiger partial charge is 0.353 e. The van der Waals surface area contributed by atoms with Crippen molar-refractivity contribution in [3.05, 3.63) is 58.4 Å². The molecule has 4 nitrogen and oxygen atoms in total. The van der Waals surface area contributed by atoms with Gasteiger partial charge in [-0.2, -0.15) is 0 Å². The number of hydrogen-bond donors (Lipinski definition) is 2. The highest BCUT2D eigenvalue weighted by molar-refractivity contribution is 7.80. The van der Waals surface area contributed by atoms with Crippen LogP contribution >= 0.6 is 24.2 Å². The van der Waals surface area contributed by atoms with E-state index < -0.39 is 23.4 Å². The Bertz CT molecular complexity index is 996. The molecule has 1 amide bonds. The van der Waals surface area contributed by atoms with Crippen LogP contribution in [0.3, 0.4) is 0 Å². The Balaban J connectivity index is 0.000000203. The third kappa shape index (κ3) is 7.62. The Kier molecular flexibility index (Phi) is 10.3. The summed E-state index contributed by atoms with van der Waals surface area (Å²) >= 11 is 9.81. The van der Waals surface area contributed by atoms with Crippen LogP contribution in [0.25, 0.3) is 0 Å². The van der Waals surface area contributed by atoms with Gasteiger partial charge in [-0.3, -0.25) is 4.79 Å². The van der Waals surface area contributed by atoms with E-state index in [4.69, 9.17) is 21.1 Å². The summed E-state index contributed by atoms with van der Waals surface area (Å²) in [7, 11) is 0. The Morgan fingerprint density at radius 2 is 1.86 bits per heavy atom. The molecule has 1 aliphatic carbocycles. The normalized spacial score (nSPS) is 24.0. The number of rotatable bonds is 5. The van der Waals surface area contributed by atoms with Gasteiger partial charge in [-0.1, -0.05) is 38.3 Å². The van der Waals surface area contributed by atoms with Gasteiger partial charge in [0.25, 0.3) is 5.91 Å². The molecule has 1 heterocycles. The van der Waals surface area contributed by atoms with Gasteiger partial charge in [-0.25, -0.2) is 13.2 Å². The maximum absolute atomic E-state index is 13.0. The Labute approximate surface area is 214 Å². The van der Waals surface area contributed by atoms with Crippen LogP contribution in [0.2, 0.25) is 5.02 Å². The number of carbonyl (C=O) groups excluding carboxylic acids is 1. The van der Waals surface area contributed by atoms with Crippen molar-refractivity contribution in [3.8, 4) is 0 Å². The van der Waals surface area contributed by atoms with Crippen molar-refractivity contribution in [2.45, 2.75) is 69.7 Å². The molecule has 2 aromatic rings. The van der Waals surface area contributed by atoms with E-state index in [1.807, 2.05) is 0 Å². The summed E-state index contributed by atoms with van der Waals surface area (Å²) in [5, 5.41) is 2.62. The molecule has 0 bridgehead atoms. The van der Waals surface area contributed by atoms with E-state index in [-0.39, 0.29) is 17.5 Å². The van der Waals surface area contributed by atoms with Crippen molar-refractivity contribution in [3.63, 3.8) is 0 Å². The maximum Gasteiger partial charge on any atom is 0.255 e. The van der Waals surface area contributed by atoms with Crippen LogP contribution in [0.15, 0.2) is 35.2 Å². The molecule has 1 saturated heterocycles. The number of anilines is 1. The lowest BCUT2D eigenvalue weighted by molar-refractivity contribution is -0.179. The van der Waals surface area contributed by atoms with Gasteiger partial charge in [0, 0.05) is 41.3 Å². The summed E-state index contributed by atoms with van der Waals surface area (Å²) in [5.41, 5.74) is 0.00612. The lowest BCUT2D eigenvalue weighted by atomic mass is 9.78.